The van der Waals surface area contributed by atoms with Gasteiger partial charge in [0.2, 0.25) is 0 Å². The highest BCUT2D eigenvalue weighted by molar-refractivity contribution is 7.93. The summed E-state index contributed by atoms with van der Waals surface area (Å²) < 4.78 is 42.8. The van der Waals surface area contributed by atoms with Crippen molar-refractivity contribution in [2.45, 2.75) is 44.9 Å². The average Bonchev–Trinajstić information content (AvgIpc) is 3.20. The number of fused-ring (bicyclic) bond motifs is 3. The van der Waals surface area contributed by atoms with Crippen LogP contribution >= 0.6 is 0 Å². The Balaban J connectivity index is 1.69. The van der Waals surface area contributed by atoms with Gasteiger partial charge in [0.25, 0.3) is 15.9 Å². The van der Waals surface area contributed by atoms with E-state index in [0.29, 0.717) is 22.3 Å². The Morgan fingerprint density at radius 2 is 1.32 bits per heavy atom. The Hall–Kier alpha value is -3.91. The van der Waals surface area contributed by atoms with Crippen LogP contribution in [0.4, 0.5) is 10.1 Å². The van der Waals surface area contributed by atoms with E-state index in [4.69, 9.17) is 0 Å². The van der Waals surface area contributed by atoms with E-state index >= 15 is 0 Å². The number of anilines is 1. The fourth-order valence-electron chi connectivity index (χ4n) is 6.82. The molecule has 1 atom stereocenters. The van der Waals surface area contributed by atoms with E-state index in [1.165, 1.54) is 36.4 Å². The zero-order valence-electron chi connectivity index (χ0n) is 22.4. The SMILES string of the molecule is CC1(C)CC(=O)C2(CC3(C)C(=O)N(S(=O)(=O)c4ccccc4)c4ccccc4C3=C2c2ccc(F)cc2)C(=O)C1. The van der Waals surface area contributed by atoms with Crippen molar-refractivity contribution in [3.8, 4) is 0 Å². The Morgan fingerprint density at radius 3 is 1.95 bits per heavy atom. The molecule has 0 radical (unpaired) electrons. The maximum Gasteiger partial charge on any atom is 0.270 e. The van der Waals surface area contributed by atoms with E-state index < -0.39 is 38.0 Å². The fraction of sp³-hybridized carbons (Fsp3) is 0.281. The summed E-state index contributed by atoms with van der Waals surface area (Å²) in [6, 6.07) is 19.9. The summed E-state index contributed by atoms with van der Waals surface area (Å²) in [4.78, 5) is 42.7. The molecule has 0 aromatic heterocycles. The second kappa shape index (κ2) is 8.54. The van der Waals surface area contributed by atoms with Crippen LogP contribution in [-0.4, -0.2) is 25.9 Å². The van der Waals surface area contributed by atoms with Crippen LogP contribution in [0.5, 0.6) is 0 Å². The molecule has 40 heavy (non-hydrogen) atoms. The molecular weight excluding hydrogens is 529 g/mol. The van der Waals surface area contributed by atoms with Crippen molar-refractivity contribution < 1.29 is 27.2 Å². The summed E-state index contributed by atoms with van der Waals surface area (Å²) in [6.07, 6.45) is 0.0487. The smallest absolute Gasteiger partial charge is 0.270 e. The minimum absolute atomic E-state index is 0.0489. The van der Waals surface area contributed by atoms with Gasteiger partial charge in [0.1, 0.15) is 11.2 Å². The number of hydrogen-bond acceptors (Lipinski definition) is 5. The molecule has 8 heteroatoms. The van der Waals surface area contributed by atoms with Crippen molar-refractivity contribution in [2.75, 3.05) is 4.31 Å². The first-order valence-electron chi connectivity index (χ1n) is 13.1. The third-order valence-electron chi connectivity index (χ3n) is 8.54. The fourth-order valence-corrected chi connectivity index (χ4v) is 8.37. The molecule has 6 rings (SSSR count). The largest absolute Gasteiger partial charge is 0.298 e. The third-order valence-corrected chi connectivity index (χ3v) is 10.3. The normalized spacial score (nSPS) is 23.4. The van der Waals surface area contributed by atoms with Gasteiger partial charge >= 0.3 is 0 Å². The molecule has 6 nitrogen and oxygen atoms in total. The number of ketones is 2. The van der Waals surface area contributed by atoms with Gasteiger partial charge in [-0.2, -0.15) is 0 Å². The molecule has 2 aliphatic carbocycles. The highest BCUT2D eigenvalue weighted by Gasteiger charge is 2.67. The average molecular weight is 558 g/mol. The molecule has 3 aromatic carbocycles. The number of amides is 1. The zero-order chi connectivity index (χ0) is 28.7. The van der Waals surface area contributed by atoms with Crippen molar-refractivity contribution >= 4 is 44.3 Å². The van der Waals surface area contributed by atoms with E-state index in [-0.39, 0.29) is 41.4 Å². The number of hydrogen-bond donors (Lipinski definition) is 0. The molecule has 1 fully saturated rings. The van der Waals surface area contributed by atoms with Gasteiger partial charge in [-0.05, 0) is 65.8 Å². The molecule has 1 heterocycles. The number of halogens is 1. The van der Waals surface area contributed by atoms with E-state index in [2.05, 4.69) is 0 Å². The van der Waals surface area contributed by atoms with Gasteiger partial charge in [0.15, 0.2) is 11.6 Å². The standard InChI is InChI=1S/C32H28FNO5S/c1-30(2)17-25(35)32(26(36)18-30)19-31(3)28(27(32)20-13-15-21(33)16-14-20)23-11-7-8-12-24(23)34(29(31)37)40(38,39)22-9-5-4-6-10-22/h4-16H,17-19H2,1-3H3. The number of benzene rings is 3. The van der Waals surface area contributed by atoms with Crippen LogP contribution in [0.3, 0.4) is 0 Å². The molecule has 0 N–H and O–H groups in total. The number of sulfonamides is 1. The molecule has 1 unspecified atom stereocenters. The van der Waals surface area contributed by atoms with Gasteiger partial charge in [-0.15, -0.1) is 0 Å². The van der Waals surface area contributed by atoms with Gasteiger partial charge in [-0.1, -0.05) is 62.4 Å². The molecule has 1 spiro atoms. The minimum Gasteiger partial charge on any atom is -0.298 e. The van der Waals surface area contributed by atoms with Crippen LogP contribution in [0.2, 0.25) is 0 Å². The van der Waals surface area contributed by atoms with Crippen molar-refractivity contribution in [1.82, 2.24) is 0 Å². The van der Waals surface area contributed by atoms with E-state index in [9.17, 15) is 27.2 Å². The maximum absolute atomic E-state index is 14.5. The van der Waals surface area contributed by atoms with Crippen molar-refractivity contribution in [3.63, 3.8) is 0 Å². The summed E-state index contributed by atoms with van der Waals surface area (Å²) in [6.45, 7) is 5.34. The molecule has 3 aromatic rings. The number of carbonyl (C=O) groups is 3. The molecule has 0 saturated heterocycles. The van der Waals surface area contributed by atoms with E-state index in [1.54, 1.807) is 49.4 Å². The van der Waals surface area contributed by atoms with Crippen LogP contribution in [0.15, 0.2) is 83.8 Å². The van der Waals surface area contributed by atoms with Gasteiger partial charge in [0.05, 0.1) is 16.0 Å². The number of Topliss-reactive ketones (excluding diaryl/α,β-unsaturated/α-hetero) is 2. The molecule has 204 valence electrons. The number of para-hydroxylation sites is 1. The Bertz CT molecular complexity index is 1720. The molecule has 1 saturated carbocycles. The number of rotatable bonds is 3. The van der Waals surface area contributed by atoms with Crippen LogP contribution in [0.25, 0.3) is 11.1 Å². The highest BCUT2D eigenvalue weighted by atomic mass is 32.2. The van der Waals surface area contributed by atoms with Crippen LogP contribution < -0.4 is 4.31 Å². The van der Waals surface area contributed by atoms with Crippen molar-refractivity contribution in [1.29, 1.82) is 0 Å². The van der Waals surface area contributed by atoms with Crippen molar-refractivity contribution in [2.24, 2.45) is 16.2 Å². The summed E-state index contributed by atoms with van der Waals surface area (Å²) in [7, 11) is -4.34. The summed E-state index contributed by atoms with van der Waals surface area (Å²) in [5.41, 5.74) is -1.86. The highest BCUT2D eigenvalue weighted by Crippen LogP contribution is 2.67. The number of nitrogens with zero attached hydrogens (tertiary/aromatic N) is 1. The Kier molecular flexibility index (Phi) is 5.62. The first-order valence-corrected chi connectivity index (χ1v) is 14.6. The second-order valence-corrected chi connectivity index (χ2v) is 13.7. The zero-order valence-corrected chi connectivity index (χ0v) is 23.2. The lowest BCUT2D eigenvalue weighted by Gasteiger charge is -2.42. The first kappa shape index (κ1) is 26.3. The van der Waals surface area contributed by atoms with Gasteiger partial charge in [-0.25, -0.2) is 17.1 Å². The second-order valence-electron chi connectivity index (χ2n) is 11.9. The van der Waals surface area contributed by atoms with Crippen LogP contribution in [0.1, 0.15) is 51.2 Å². The van der Waals surface area contributed by atoms with Gasteiger partial charge < -0.3 is 0 Å². The lowest BCUT2D eigenvalue weighted by Crippen LogP contribution is -2.52. The quantitative estimate of drug-likeness (QED) is 0.378. The predicted molar refractivity (Wildman–Crippen MR) is 149 cm³/mol. The number of carbonyl (C=O) groups excluding carboxylic acids is 3. The molecular formula is C32H28FNO5S. The minimum atomic E-state index is -4.34. The monoisotopic (exact) mass is 557 g/mol. The third kappa shape index (κ3) is 3.51. The molecule has 3 aliphatic rings. The van der Waals surface area contributed by atoms with Gasteiger partial charge in [-0.3, -0.25) is 14.4 Å². The summed E-state index contributed by atoms with van der Waals surface area (Å²) >= 11 is 0. The maximum atomic E-state index is 14.5. The van der Waals surface area contributed by atoms with Crippen LogP contribution in [-0.2, 0) is 24.4 Å². The summed E-state index contributed by atoms with van der Waals surface area (Å²) in [5, 5.41) is 0. The van der Waals surface area contributed by atoms with Gasteiger partial charge in [0, 0.05) is 18.4 Å². The van der Waals surface area contributed by atoms with E-state index in [1.807, 2.05) is 13.8 Å². The number of allylic oxidation sites excluding steroid dienone is 1. The summed E-state index contributed by atoms with van der Waals surface area (Å²) in [5.74, 6) is -1.82. The molecule has 1 aliphatic heterocycles. The molecule has 1 amide bonds. The van der Waals surface area contributed by atoms with Crippen molar-refractivity contribution in [3.05, 3.63) is 95.8 Å². The lowest BCUT2D eigenvalue weighted by molar-refractivity contribution is -0.145. The Morgan fingerprint density at radius 1 is 0.750 bits per heavy atom. The molecule has 0 bridgehead atoms. The van der Waals surface area contributed by atoms with E-state index in [0.717, 1.165) is 4.31 Å². The Labute approximate surface area is 232 Å². The topological polar surface area (TPSA) is 88.6 Å². The lowest BCUT2D eigenvalue weighted by atomic mass is 9.58. The predicted octanol–water partition coefficient (Wildman–Crippen LogP) is 5.83. The first-order chi connectivity index (χ1) is 18.8. The van der Waals surface area contributed by atoms with Crippen LogP contribution in [0, 0.1) is 22.1 Å².